The highest BCUT2D eigenvalue weighted by molar-refractivity contribution is 5.75. The molecule has 3 aromatic rings. The minimum Gasteiger partial charge on any atom is -0.378 e. The molecular weight excluding hydrogens is 418 g/mol. The van der Waals surface area contributed by atoms with Gasteiger partial charge in [0.15, 0.2) is 0 Å². The van der Waals surface area contributed by atoms with Crippen LogP contribution < -0.4 is 4.90 Å². The van der Waals surface area contributed by atoms with Gasteiger partial charge in [-0.3, -0.25) is 4.98 Å². The Morgan fingerprint density at radius 3 is 2.70 bits per heavy atom. The van der Waals surface area contributed by atoms with Crippen molar-refractivity contribution in [2.45, 2.75) is 58.1 Å². The highest BCUT2D eigenvalue weighted by Gasteiger charge is 2.34. The highest BCUT2D eigenvalue weighted by atomic mass is 16.5. The molecule has 0 spiro atoms. The number of imidazole rings is 1. The zero-order valence-electron chi connectivity index (χ0n) is 19.8. The molecule has 1 fully saturated rings. The summed E-state index contributed by atoms with van der Waals surface area (Å²) in [6.07, 6.45) is 6.71. The Morgan fingerprint density at radius 2 is 2.00 bits per heavy atom. The molecule has 0 N–H and O–H groups in total. The van der Waals surface area contributed by atoms with Crippen molar-refractivity contribution in [3.63, 3.8) is 0 Å². The highest BCUT2D eigenvalue weighted by Crippen LogP contribution is 2.31. The maximum Gasteiger partial charge on any atom is 0.225 e. The van der Waals surface area contributed by atoms with Crippen LogP contribution in [0.1, 0.15) is 56.4 Å². The number of anilines is 1. The van der Waals surface area contributed by atoms with Crippen LogP contribution in [0.4, 0.5) is 5.95 Å². The number of hydrogen-bond acceptors (Lipinski definition) is 7. The van der Waals surface area contributed by atoms with Crippen LogP contribution in [0.2, 0.25) is 0 Å². The summed E-state index contributed by atoms with van der Waals surface area (Å²) >= 11 is 0. The summed E-state index contributed by atoms with van der Waals surface area (Å²) < 4.78 is 8.05. The lowest BCUT2D eigenvalue weighted by Crippen LogP contribution is -2.46. The van der Waals surface area contributed by atoms with Gasteiger partial charge in [0.1, 0.15) is 11.3 Å². The first-order valence-corrected chi connectivity index (χ1v) is 11.4. The molecule has 4 rings (SSSR count). The molecule has 1 aliphatic heterocycles. The van der Waals surface area contributed by atoms with Gasteiger partial charge in [0.2, 0.25) is 5.95 Å². The Balaban J connectivity index is 1.48. The Bertz CT molecular complexity index is 1160. The summed E-state index contributed by atoms with van der Waals surface area (Å²) in [5.41, 5.74) is 12.2. The van der Waals surface area contributed by atoms with E-state index in [1.165, 1.54) is 0 Å². The van der Waals surface area contributed by atoms with Crippen molar-refractivity contribution >= 4 is 17.0 Å². The van der Waals surface area contributed by atoms with Crippen LogP contribution in [-0.4, -0.2) is 56.8 Å². The Hall–Kier alpha value is -3.23. The molecular formula is C23H31N9O. The fraction of sp³-hybridized carbons (Fsp3) is 0.565. The summed E-state index contributed by atoms with van der Waals surface area (Å²) in [4.78, 5) is 23.7. The van der Waals surface area contributed by atoms with Gasteiger partial charge in [-0.2, -0.15) is 0 Å². The van der Waals surface area contributed by atoms with E-state index in [2.05, 4.69) is 54.4 Å². The van der Waals surface area contributed by atoms with E-state index >= 15 is 0 Å². The first kappa shape index (κ1) is 22.9. The molecule has 0 amide bonds. The summed E-state index contributed by atoms with van der Waals surface area (Å²) in [6.45, 7) is 8.40. The molecule has 10 nitrogen and oxygen atoms in total. The molecule has 0 bridgehead atoms. The second-order valence-electron chi connectivity index (χ2n) is 8.89. The minimum atomic E-state index is -0.251. The van der Waals surface area contributed by atoms with Crippen molar-refractivity contribution in [1.29, 1.82) is 0 Å². The predicted molar refractivity (Wildman–Crippen MR) is 127 cm³/mol. The molecule has 0 unspecified atom stereocenters. The predicted octanol–water partition coefficient (Wildman–Crippen LogP) is 4.39. The fourth-order valence-corrected chi connectivity index (χ4v) is 4.70. The van der Waals surface area contributed by atoms with Gasteiger partial charge in [0.05, 0.1) is 23.0 Å². The van der Waals surface area contributed by atoms with Crippen LogP contribution in [0.15, 0.2) is 29.6 Å². The molecule has 174 valence electrons. The van der Waals surface area contributed by atoms with E-state index in [9.17, 15) is 0 Å². The van der Waals surface area contributed by atoms with Gasteiger partial charge in [-0.15, -0.1) is 0 Å². The average molecular weight is 450 g/mol. The zero-order chi connectivity index (χ0) is 23.4. The second kappa shape index (κ2) is 9.72. The van der Waals surface area contributed by atoms with E-state index < -0.39 is 0 Å². The smallest absolute Gasteiger partial charge is 0.225 e. The average Bonchev–Trinajstić information content (AvgIpc) is 3.15. The third kappa shape index (κ3) is 4.91. The first-order valence-electron chi connectivity index (χ1n) is 11.4. The van der Waals surface area contributed by atoms with Crippen molar-refractivity contribution in [2.75, 3.05) is 31.6 Å². The Kier molecular flexibility index (Phi) is 6.76. The van der Waals surface area contributed by atoms with Gasteiger partial charge in [-0.1, -0.05) is 5.11 Å². The number of aromatic nitrogens is 5. The van der Waals surface area contributed by atoms with E-state index in [0.717, 1.165) is 66.5 Å². The summed E-state index contributed by atoms with van der Waals surface area (Å²) in [5, 5.41) is 3.67. The number of aryl methyl sites for hydroxylation is 1. The van der Waals surface area contributed by atoms with E-state index in [0.29, 0.717) is 19.0 Å². The topological polar surface area (TPSA) is 118 Å². The monoisotopic (exact) mass is 449 g/mol. The number of pyridine rings is 1. The van der Waals surface area contributed by atoms with E-state index in [1.54, 1.807) is 7.11 Å². The van der Waals surface area contributed by atoms with Gasteiger partial charge < -0.3 is 14.2 Å². The quantitative estimate of drug-likeness (QED) is 0.286. The number of azide groups is 1. The summed E-state index contributed by atoms with van der Waals surface area (Å²) in [7, 11) is 1.74. The van der Waals surface area contributed by atoms with Crippen LogP contribution in [0.3, 0.4) is 0 Å². The largest absolute Gasteiger partial charge is 0.378 e. The fourth-order valence-electron chi connectivity index (χ4n) is 4.70. The van der Waals surface area contributed by atoms with Gasteiger partial charge >= 0.3 is 0 Å². The second-order valence-corrected chi connectivity index (χ2v) is 8.89. The molecule has 0 atom stereocenters. The standard InChI is InChI=1S/C23H31N9O/c1-16(2)32-17(3)28-20-15-26-19(14-21(20)32)13-18-5-9-25-22(29-18)31-11-7-23(33-4,8-12-31)6-10-27-30-24/h5,9,14-16H,6-8,10-13H2,1-4H3. The zero-order valence-corrected chi connectivity index (χ0v) is 19.8. The van der Waals surface area contributed by atoms with E-state index in [-0.39, 0.29) is 5.60 Å². The number of ether oxygens (including phenoxy) is 1. The number of methoxy groups -OCH3 is 1. The van der Waals surface area contributed by atoms with Crippen molar-refractivity contribution in [3.05, 3.63) is 52.2 Å². The molecule has 10 heteroatoms. The molecule has 0 saturated carbocycles. The number of piperidine rings is 1. The molecule has 0 radical (unpaired) electrons. The molecule has 0 aromatic carbocycles. The van der Waals surface area contributed by atoms with Crippen LogP contribution >= 0.6 is 0 Å². The number of rotatable bonds is 8. The maximum atomic E-state index is 8.55. The number of hydrogen-bond donors (Lipinski definition) is 0. The lowest BCUT2D eigenvalue weighted by atomic mass is 9.88. The van der Waals surface area contributed by atoms with Crippen molar-refractivity contribution in [3.8, 4) is 0 Å². The molecule has 0 aliphatic carbocycles. The number of fused-ring (bicyclic) bond motifs is 1. The van der Waals surface area contributed by atoms with Gasteiger partial charge in [-0.05, 0) is 57.7 Å². The number of nitrogens with zero attached hydrogens (tertiary/aromatic N) is 9. The molecule has 1 saturated heterocycles. The van der Waals surface area contributed by atoms with Crippen LogP contribution in [0.5, 0.6) is 0 Å². The van der Waals surface area contributed by atoms with Crippen molar-refractivity contribution in [2.24, 2.45) is 5.11 Å². The van der Waals surface area contributed by atoms with E-state index in [4.69, 9.17) is 15.3 Å². The van der Waals surface area contributed by atoms with Crippen LogP contribution in [-0.2, 0) is 11.2 Å². The molecule has 4 heterocycles. The van der Waals surface area contributed by atoms with E-state index in [1.807, 2.05) is 25.4 Å². The van der Waals surface area contributed by atoms with Gasteiger partial charge in [0.25, 0.3) is 0 Å². The van der Waals surface area contributed by atoms with Crippen LogP contribution in [0.25, 0.3) is 21.5 Å². The molecule has 33 heavy (non-hydrogen) atoms. The third-order valence-corrected chi connectivity index (χ3v) is 6.51. The summed E-state index contributed by atoms with van der Waals surface area (Å²) in [5.74, 6) is 1.73. The third-order valence-electron chi connectivity index (χ3n) is 6.51. The normalized spacial score (nSPS) is 15.7. The lowest BCUT2D eigenvalue weighted by molar-refractivity contribution is -0.0341. The molecule has 3 aromatic heterocycles. The lowest BCUT2D eigenvalue weighted by Gasteiger charge is -2.40. The summed E-state index contributed by atoms with van der Waals surface area (Å²) in [6, 6.07) is 4.40. The van der Waals surface area contributed by atoms with Crippen LogP contribution in [0, 0.1) is 6.92 Å². The van der Waals surface area contributed by atoms with Gasteiger partial charge in [0, 0.05) is 56.0 Å². The minimum absolute atomic E-state index is 0.251. The van der Waals surface area contributed by atoms with Gasteiger partial charge in [-0.25, -0.2) is 15.0 Å². The van der Waals surface area contributed by atoms with Crippen molar-refractivity contribution < 1.29 is 4.74 Å². The SMILES string of the molecule is COC1(CCN=[N+]=[N-])CCN(c2nccc(Cc3cc4c(cn3)nc(C)n4C(C)C)n2)CC1. The molecule has 1 aliphatic rings. The maximum absolute atomic E-state index is 8.55. The first-order chi connectivity index (χ1) is 15.9. The Labute approximate surface area is 193 Å². The van der Waals surface area contributed by atoms with Crippen molar-refractivity contribution in [1.82, 2.24) is 24.5 Å². The Morgan fingerprint density at radius 1 is 1.21 bits per heavy atom.